The molecule has 0 spiro atoms. The van der Waals surface area contributed by atoms with Crippen LogP contribution in [0.4, 0.5) is 8.78 Å². The minimum atomic E-state index is -3.41. The molecule has 0 radical (unpaired) electrons. The molecule has 0 bridgehead atoms. The molecule has 4 rings (SSSR count). The largest absolute Gasteiger partial charge is 0.313 e. The Morgan fingerprint density at radius 2 is 1.68 bits per heavy atom. The molecule has 0 heterocycles. The number of sulfonamides is 1. The Kier molecular flexibility index (Phi) is 12.6. The van der Waals surface area contributed by atoms with Crippen LogP contribution in [0.2, 0.25) is 5.02 Å². The van der Waals surface area contributed by atoms with Crippen LogP contribution >= 0.6 is 11.6 Å². The lowest BCUT2D eigenvalue weighted by molar-refractivity contribution is 0.333. The lowest BCUT2D eigenvalue weighted by Gasteiger charge is -2.35. The van der Waals surface area contributed by atoms with Gasteiger partial charge in [-0.3, -0.25) is 0 Å². The number of hydrogen-bond donors (Lipinski definition) is 2. The fraction of sp³-hybridized carbons (Fsp3) is 0.438. The van der Waals surface area contributed by atoms with Gasteiger partial charge in [0.2, 0.25) is 10.0 Å². The van der Waals surface area contributed by atoms with Gasteiger partial charge in [0, 0.05) is 12.0 Å². The molecule has 40 heavy (non-hydrogen) atoms. The minimum absolute atomic E-state index is 0.106. The number of unbranched alkanes of at least 4 members (excludes halogenated alkanes) is 1. The van der Waals surface area contributed by atoms with Crippen molar-refractivity contribution < 1.29 is 17.2 Å². The van der Waals surface area contributed by atoms with Gasteiger partial charge < -0.3 is 5.32 Å². The molecule has 1 aliphatic rings. The summed E-state index contributed by atoms with van der Waals surface area (Å²) in [7, 11) is -2.06. The molecule has 0 saturated carbocycles. The van der Waals surface area contributed by atoms with Crippen molar-refractivity contribution >= 4 is 21.6 Å². The molecule has 3 aromatic rings. The summed E-state index contributed by atoms with van der Waals surface area (Å²) in [5.74, 6) is -0.602. The number of fused-ring (bicyclic) bond motifs is 1. The van der Waals surface area contributed by atoms with E-state index in [0.717, 1.165) is 36.9 Å². The van der Waals surface area contributed by atoms with Gasteiger partial charge in [0.25, 0.3) is 0 Å². The van der Waals surface area contributed by atoms with E-state index in [1.165, 1.54) is 62.6 Å². The predicted octanol–water partition coefficient (Wildman–Crippen LogP) is 7.66. The molecule has 0 aliphatic heterocycles. The number of hydrogen-bond acceptors (Lipinski definition) is 3. The summed E-state index contributed by atoms with van der Waals surface area (Å²) in [6.07, 6.45) is 7.57. The van der Waals surface area contributed by atoms with Crippen LogP contribution in [0.1, 0.15) is 68.6 Å². The molecule has 2 N–H and O–H groups in total. The maximum atomic E-state index is 14.1. The van der Waals surface area contributed by atoms with E-state index in [-0.39, 0.29) is 15.8 Å². The topological polar surface area (TPSA) is 58.2 Å². The van der Waals surface area contributed by atoms with Gasteiger partial charge in [-0.05, 0) is 86.1 Å². The zero-order chi connectivity index (χ0) is 29.1. The molecule has 0 aromatic heterocycles. The lowest BCUT2D eigenvalue weighted by Crippen LogP contribution is -2.41. The van der Waals surface area contributed by atoms with Gasteiger partial charge in [-0.2, -0.15) is 0 Å². The Morgan fingerprint density at radius 1 is 1.00 bits per heavy atom. The molecule has 4 nitrogen and oxygen atoms in total. The lowest BCUT2D eigenvalue weighted by atomic mass is 9.76. The van der Waals surface area contributed by atoms with Crippen molar-refractivity contribution in [1.82, 2.24) is 10.0 Å². The predicted molar refractivity (Wildman–Crippen MR) is 160 cm³/mol. The van der Waals surface area contributed by atoms with Crippen LogP contribution in [0.15, 0.2) is 71.6 Å². The Morgan fingerprint density at radius 3 is 2.33 bits per heavy atom. The van der Waals surface area contributed by atoms with Crippen molar-refractivity contribution in [1.29, 1.82) is 0 Å². The van der Waals surface area contributed by atoms with Crippen LogP contribution in [0.5, 0.6) is 0 Å². The monoisotopic (exact) mass is 590 g/mol. The third kappa shape index (κ3) is 8.84. The maximum Gasteiger partial charge on any atom is 0.241 e. The number of aryl methyl sites for hydroxylation is 1. The highest BCUT2D eigenvalue weighted by Gasteiger charge is 2.31. The van der Waals surface area contributed by atoms with Crippen LogP contribution in [0.25, 0.3) is 0 Å². The number of halogens is 3. The first kappa shape index (κ1) is 32.2. The zero-order valence-corrected chi connectivity index (χ0v) is 25.2. The van der Waals surface area contributed by atoms with Crippen molar-refractivity contribution in [2.45, 2.75) is 75.6 Å². The third-order valence-corrected chi connectivity index (χ3v) is 9.61. The van der Waals surface area contributed by atoms with Crippen LogP contribution in [0.3, 0.4) is 0 Å². The summed E-state index contributed by atoms with van der Waals surface area (Å²) in [4.78, 5) is 0.106. The van der Waals surface area contributed by atoms with Gasteiger partial charge >= 0.3 is 0 Å². The smallest absolute Gasteiger partial charge is 0.241 e. The van der Waals surface area contributed by atoms with E-state index >= 15 is 0 Å². The number of benzene rings is 3. The van der Waals surface area contributed by atoms with E-state index in [9.17, 15) is 17.2 Å². The van der Waals surface area contributed by atoms with Crippen LogP contribution in [-0.4, -0.2) is 28.1 Å². The normalized spacial score (nSPS) is 17.4. The van der Waals surface area contributed by atoms with Crippen molar-refractivity contribution in [2.24, 2.45) is 5.92 Å². The number of nitrogens with one attached hydrogen (secondary N) is 2. The molecule has 8 heteroatoms. The minimum Gasteiger partial charge on any atom is -0.313 e. The Labute approximate surface area is 243 Å². The van der Waals surface area contributed by atoms with Crippen LogP contribution < -0.4 is 10.0 Å². The van der Waals surface area contributed by atoms with Crippen molar-refractivity contribution in [3.63, 3.8) is 0 Å². The molecule has 0 fully saturated rings. The summed E-state index contributed by atoms with van der Waals surface area (Å²) in [5, 5.41) is 4.04. The van der Waals surface area contributed by atoms with E-state index in [0.29, 0.717) is 12.0 Å². The van der Waals surface area contributed by atoms with Crippen LogP contribution in [0, 0.1) is 17.6 Å². The zero-order valence-electron chi connectivity index (χ0n) is 23.6. The highest BCUT2D eigenvalue weighted by molar-refractivity contribution is 7.89. The molecular formula is C32H41ClF2N2O2S. The summed E-state index contributed by atoms with van der Waals surface area (Å²) < 4.78 is 52.5. The number of rotatable bonds is 11. The van der Waals surface area contributed by atoms with Crippen LogP contribution in [-0.2, 0) is 22.9 Å². The fourth-order valence-electron chi connectivity index (χ4n) is 5.29. The Bertz CT molecular complexity index is 1320. The van der Waals surface area contributed by atoms with Gasteiger partial charge in [0.05, 0.1) is 5.02 Å². The Balaban J connectivity index is 0.000000307. The van der Waals surface area contributed by atoms with E-state index in [1.807, 2.05) is 18.2 Å². The second kappa shape index (κ2) is 15.6. The highest BCUT2D eigenvalue weighted by Crippen LogP contribution is 2.36. The van der Waals surface area contributed by atoms with E-state index < -0.39 is 21.7 Å². The van der Waals surface area contributed by atoms with Gasteiger partial charge in [-0.1, -0.05) is 87.2 Å². The quantitative estimate of drug-likeness (QED) is 0.241. The summed E-state index contributed by atoms with van der Waals surface area (Å²) in [5.41, 5.74) is 3.19. The first-order chi connectivity index (χ1) is 19.2. The molecular weight excluding hydrogens is 550 g/mol. The van der Waals surface area contributed by atoms with Crippen molar-refractivity contribution in [2.75, 3.05) is 13.6 Å². The first-order valence-electron chi connectivity index (χ1n) is 14.1. The molecule has 218 valence electrons. The second-order valence-corrected chi connectivity index (χ2v) is 12.6. The van der Waals surface area contributed by atoms with Gasteiger partial charge in [-0.15, -0.1) is 0 Å². The summed E-state index contributed by atoms with van der Waals surface area (Å²) >= 11 is 5.67. The molecule has 0 amide bonds. The molecule has 0 saturated heterocycles. The third-order valence-electron chi connectivity index (χ3n) is 7.70. The van der Waals surface area contributed by atoms with Gasteiger partial charge in [-0.25, -0.2) is 21.9 Å². The molecule has 3 atom stereocenters. The van der Waals surface area contributed by atoms with E-state index in [1.54, 1.807) is 12.1 Å². The second-order valence-electron chi connectivity index (χ2n) is 10.4. The van der Waals surface area contributed by atoms with Crippen molar-refractivity contribution in [3.8, 4) is 0 Å². The highest BCUT2D eigenvalue weighted by atomic mass is 35.5. The van der Waals surface area contributed by atoms with Gasteiger partial charge in [0.1, 0.15) is 4.90 Å². The molecule has 3 unspecified atom stereocenters. The summed E-state index contributed by atoms with van der Waals surface area (Å²) in [6.45, 7) is 5.50. The van der Waals surface area contributed by atoms with E-state index in [4.69, 9.17) is 11.6 Å². The van der Waals surface area contributed by atoms with Crippen molar-refractivity contribution in [3.05, 3.63) is 100 Å². The SMILES string of the molecule is CCCCC(CC)CNC1CCc2cc(F)c(F)cc2C1Cc1ccccc1.CNS(=O)(=O)c1ccccc1Cl. The van der Waals surface area contributed by atoms with E-state index in [2.05, 4.69) is 36.0 Å². The average molecular weight is 591 g/mol. The first-order valence-corrected chi connectivity index (χ1v) is 16.0. The average Bonchev–Trinajstić information content (AvgIpc) is 2.96. The van der Waals surface area contributed by atoms with Gasteiger partial charge in [0.15, 0.2) is 11.6 Å². The fourth-order valence-corrected chi connectivity index (χ4v) is 6.54. The standard InChI is InChI=1S/C25H33F2N.C7H8ClNO2S/c1-3-5-9-18(4-2)17-28-25-13-12-20-15-23(26)24(27)16-21(20)22(25)14-19-10-7-6-8-11-19;1-9-12(10,11)7-5-3-2-4-6(7)8/h6-8,10-11,15-16,18,22,25,28H,3-5,9,12-14,17H2,1-2H3;2-5,9H,1H3. The Hall–Kier alpha value is -2.32. The molecule has 3 aromatic carbocycles. The summed E-state index contributed by atoms with van der Waals surface area (Å²) in [6, 6.07) is 19.8. The maximum absolute atomic E-state index is 14.1. The molecule has 1 aliphatic carbocycles.